The van der Waals surface area contributed by atoms with Crippen molar-refractivity contribution in [1.29, 1.82) is 0 Å². The number of hydrogen-bond donors (Lipinski definition) is 2. The number of hydrogen-bond acceptors (Lipinski definition) is 5. The quantitative estimate of drug-likeness (QED) is 0.608. The highest BCUT2D eigenvalue weighted by atomic mass is 16.5. The van der Waals surface area contributed by atoms with Gasteiger partial charge < -0.3 is 14.9 Å². The summed E-state index contributed by atoms with van der Waals surface area (Å²) in [6, 6.07) is 9.92. The van der Waals surface area contributed by atoms with Gasteiger partial charge in [0.1, 0.15) is 5.75 Å². The van der Waals surface area contributed by atoms with Crippen LogP contribution in [0.2, 0.25) is 0 Å². The molecule has 7 heteroatoms. The standard InChI is InChI=1S/C14H13N3O4/c15-13(18)9-21-11-5-3-10(4-6-11)8-16-17-14(19)12-2-1-7-20-12/h1-8H,9H2,(H2,15,18)(H,17,19)/b16-8+. The second-order valence-corrected chi connectivity index (χ2v) is 4.00. The molecule has 2 aromatic rings. The Balaban J connectivity index is 1.86. The molecule has 1 aromatic heterocycles. The van der Waals surface area contributed by atoms with E-state index in [4.69, 9.17) is 14.9 Å². The number of benzene rings is 1. The molecule has 21 heavy (non-hydrogen) atoms. The molecule has 108 valence electrons. The van der Waals surface area contributed by atoms with Crippen LogP contribution in [0.1, 0.15) is 16.1 Å². The minimum absolute atomic E-state index is 0.174. The topological polar surface area (TPSA) is 107 Å². The molecular weight excluding hydrogens is 274 g/mol. The molecule has 2 amide bonds. The van der Waals surface area contributed by atoms with Crippen LogP contribution in [0.4, 0.5) is 0 Å². The molecule has 1 aromatic carbocycles. The van der Waals surface area contributed by atoms with Crippen LogP contribution in [0.3, 0.4) is 0 Å². The molecule has 0 atom stereocenters. The highest BCUT2D eigenvalue weighted by Crippen LogP contribution is 2.10. The normalized spacial score (nSPS) is 10.5. The van der Waals surface area contributed by atoms with Crippen molar-refractivity contribution in [3.8, 4) is 5.75 Å². The van der Waals surface area contributed by atoms with E-state index in [0.29, 0.717) is 5.75 Å². The Bertz CT molecular complexity index is 633. The number of hydrazone groups is 1. The van der Waals surface area contributed by atoms with E-state index >= 15 is 0 Å². The van der Waals surface area contributed by atoms with E-state index in [-0.39, 0.29) is 12.4 Å². The Labute approximate surface area is 120 Å². The average molecular weight is 287 g/mol. The Morgan fingerprint density at radius 3 is 2.67 bits per heavy atom. The van der Waals surface area contributed by atoms with Gasteiger partial charge in [-0.2, -0.15) is 5.10 Å². The fourth-order valence-corrected chi connectivity index (χ4v) is 1.43. The van der Waals surface area contributed by atoms with Gasteiger partial charge in [-0.1, -0.05) is 0 Å². The van der Waals surface area contributed by atoms with Crippen LogP contribution in [0, 0.1) is 0 Å². The van der Waals surface area contributed by atoms with Crippen molar-refractivity contribution in [2.75, 3.05) is 6.61 Å². The van der Waals surface area contributed by atoms with Crippen LogP contribution >= 0.6 is 0 Å². The van der Waals surface area contributed by atoms with Crippen molar-refractivity contribution in [3.63, 3.8) is 0 Å². The van der Waals surface area contributed by atoms with Gasteiger partial charge in [0, 0.05) is 0 Å². The summed E-state index contributed by atoms with van der Waals surface area (Å²) >= 11 is 0. The first-order valence-corrected chi connectivity index (χ1v) is 6.03. The largest absolute Gasteiger partial charge is 0.484 e. The van der Waals surface area contributed by atoms with Crippen molar-refractivity contribution in [1.82, 2.24) is 5.43 Å². The van der Waals surface area contributed by atoms with E-state index < -0.39 is 11.8 Å². The zero-order valence-corrected chi connectivity index (χ0v) is 11.0. The van der Waals surface area contributed by atoms with E-state index in [0.717, 1.165) is 5.56 Å². The number of furan rings is 1. The van der Waals surface area contributed by atoms with Crippen molar-refractivity contribution >= 4 is 18.0 Å². The summed E-state index contributed by atoms with van der Waals surface area (Å²) in [5.74, 6) is -0.271. The fourth-order valence-electron chi connectivity index (χ4n) is 1.43. The number of amides is 2. The Kier molecular flexibility index (Phi) is 4.70. The third-order valence-corrected chi connectivity index (χ3v) is 2.39. The van der Waals surface area contributed by atoms with E-state index in [1.807, 2.05) is 0 Å². The monoisotopic (exact) mass is 287 g/mol. The van der Waals surface area contributed by atoms with Crippen molar-refractivity contribution in [2.24, 2.45) is 10.8 Å². The molecule has 0 bridgehead atoms. The lowest BCUT2D eigenvalue weighted by Crippen LogP contribution is -2.20. The summed E-state index contributed by atoms with van der Waals surface area (Å²) < 4.78 is 10.0. The smallest absolute Gasteiger partial charge is 0.307 e. The third-order valence-electron chi connectivity index (χ3n) is 2.39. The van der Waals surface area contributed by atoms with E-state index in [1.165, 1.54) is 18.5 Å². The number of carbonyl (C=O) groups is 2. The molecule has 2 rings (SSSR count). The highest BCUT2D eigenvalue weighted by Gasteiger charge is 2.05. The van der Waals surface area contributed by atoms with Gasteiger partial charge in [0.2, 0.25) is 0 Å². The van der Waals surface area contributed by atoms with Gasteiger partial charge in [0.25, 0.3) is 5.91 Å². The van der Waals surface area contributed by atoms with Crippen LogP contribution in [0.25, 0.3) is 0 Å². The SMILES string of the molecule is NC(=O)COc1ccc(/C=N/NC(=O)c2ccco2)cc1. The van der Waals surface area contributed by atoms with Gasteiger partial charge in [-0.05, 0) is 42.0 Å². The van der Waals surface area contributed by atoms with Gasteiger partial charge in [0.15, 0.2) is 12.4 Å². The third kappa shape index (κ3) is 4.50. The zero-order valence-electron chi connectivity index (χ0n) is 11.0. The number of rotatable bonds is 6. The number of ether oxygens (including phenoxy) is 1. The maximum Gasteiger partial charge on any atom is 0.307 e. The number of nitrogens with one attached hydrogen (secondary N) is 1. The lowest BCUT2D eigenvalue weighted by atomic mass is 10.2. The second-order valence-electron chi connectivity index (χ2n) is 4.00. The molecule has 7 nitrogen and oxygen atoms in total. The Morgan fingerprint density at radius 2 is 2.05 bits per heavy atom. The fraction of sp³-hybridized carbons (Fsp3) is 0.0714. The maximum absolute atomic E-state index is 11.5. The summed E-state index contributed by atoms with van der Waals surface area (Å²) in [6.07, 6.45) is 2.88. The van der Waals surface area contributed by atoms with Crippen LogP contribution in [0.5, 0.6) is 5.75 Å². The van der Waals surface area contributed by atoms with Gasteiger partial charge in [0.05, 0.1) is 12.5 Å². The van der Waals surface area contributed by atoms with Crippen molar-refractivity contribution in [2.45, 2.75) is 0 Å². The lowest BCUT2D eigenvalue weighted by molar-refractivity contribution is -0.119. The highest BCUT2D eigenvalue weighted by molar-refractivity contribution is 5.92. The van der Waals surface area contributed by atoms with E-state index in [1.54, 1.807) is 30.3 Å². The molecule has 3 N–H and O–H groups in total. The molecule has 0 radical (unpaired) electrons. The van der Waals surface area contributed by atoms with Crippen molar-refractivity contribution < 1.29 is 18.7 Å². The number of carbonyl (C=O) groups excluding carboxylic acids is 2. The molecule has 0 unspecified atom stereocenters. The summed E-state index contributed by atoms with van der Waals surface area (Å²) in [4.78, 5) is 22.1. The predicted molar refractivity (Wildman–Crippen MR) is 74.9 cm³/mol. The van der Waals surface area contributed by atoms with Crippen LogP contribution in [-0.2, 0) is 4.79 Å². The lowest BCUT2D eigenvalue weighted by Gasteiger charge is -2.03. The summed E-state index contributed by atoms with van der Waals surface area (Å²) in [6.45, 7) is -0.174. The molecule has 0 spiro atoms. The van der Waals surface area contributed by atoms with E-state index in [2.05, 4.69) is 10.5 Å². The Morgan fingerprint density at radius 1 is 1.29 bits per heavy atom. The summed E-state index contributed by atoms with van der Waals surface area (Å²) in [5, 5.41) is 3.80. The van der Waals surface area contributed by atoms with Gasteiger partial charge >= 0.3 is 5.91 Å². The molecule has 0 fully saturated rings. The first kappa shape index (κ1) is 14.3. The molecule has 0 saturated heterocycles. The number of nitrogens with zero attached hydrogens (tertiary/aromatic N) is 1. The minimum atomic E-state index is -0.540. The molecule has 0 aliphatic heterocycles. The first-order valence-electron chi connectivity index (χ1n) is 6.03. The van der Waals surface area contributed by atoms with Crippen molar-refractivity contribution in [3.05, 3.63) is 54.0 Å². The molecule has 1 heterocycles. The maximum atomic E-state index is 11.5. The number of nitrogens with two attached hydrogens (primary N) is 1. The van der Waals surface area contributed by atoms with Crippen LogP contribution in [-0.4, -0.2) is 24.6 Å². The molecule has 0 aliphatic carbocycles. The summed E-state index contributed by atoms with van der Waals surface area (Å²) in [7, 11) is 0. The Hall–Kier alpha value is -3.09. The molecule has 0 saturated carbocycles. The first-order chi connectivity index (χ1) is 10.1. The zero-order chi connectivity index (χ0) is 15.1. The van der Waals surface area contributed by atoms with Crippen LogP contribution in [0.15, 0.2) is 52.2 Å². The van der Waals surface area contributed by atoms with Gasteiger partial charge in [-0.25, -0.2) is 5.43 Å². The average Bonchev–Trinajstić information content (AvgIpc) is 3.00. The number of primary amides is 1. The van der Waals surface area contributed by atoms with E-state index in [9.17, 15) is 9.59 Å². The van der Waals surface area contributed by atoms with Gasteiger partial charge in [-0.15, -0.1) is 0 Å². The van der Waals surface area contributed by atoms with Crippen LogP contribution < -0.4 is 15.9 Å². The summed E-state index contributed by atoms with van der Waals surface area (Å²) in [5.41, 5.74) is 8.06. The minimum Gasteiger partial charge on any atom is -0.484 e. The van der Waals surface area contributed by atoms with Gasteiger partial charge in [-0.3, -0.25) is 9.59 Å². The molecule has 0 aliphatic rings. The second kappa shape index (κ2) is 6.90. The predicted octanol–water partition coefficient (Wildman–Crippen LogP) is 0.908. The molecular formula is C14H13N3O4.